The van der Waals surface area contributed by atoms with Gasteiger partial charge in [0.1, 0.15) is 0 Å². The van der Waals surface area contributed by atoms with Gasteiger partial charge in [-0.05, 0) is 60.7 Å². The van der Waals surface area contributed by atoms with Gasteiger partial charge in [0.05, 0.1) is 12.3 Å². The van der Waals surface area contributed by atoms with Crippen LogP contribution in [0.3, 0.4) is 0 Å². The first kappa shape index (κ1) is 25.2. The monoisotopic (exact) mass is 493 g/mol. The molecule has 0 bridgehead atoms. The van der Waals surface area contributed by atoms with Gasteiger partial charge in [0, 0.05) is 30.4 Å². The fourth-order valence-corrected chi connectivity index (χ4v) is 6.17. The van der Waals surface area contributed by atoms with Crippen molar-refractivity contribution >= 4 is 32.4 Å². The van der Waals surface area contributed by atoms with E-state index in [9.17, 15) is 13.2 Å². The summed E-state index contributed by atoms with van der Waals surface area (Å²) in [5, 5.41) is 8.83. The zero-order valence-corrected chi connectivity index (χ0v) is 21.6. The molecule has 1 fully saturated rings. The van der Waals surface area contributed by atoms with Gasteiger partial charge in [-0.15, -0.1) is 0 Å². The van der Waals surface area contributed by atoms with Crippen LogP contribution < -0.4 is 10.6 Å². The summed E-state index contributed by atoms with van der Waals surface area (Å²) in [4.78, 5) is 13.2. The molecule has 1 aliphatic heterocycles. The number of carbonyl (C=O) groups is 1. The number of benzene rings is 3. The Balaban J connectivity index is 1.48. The highest BCUT2D eigenvalue weighted by Gasteiger charge is 2.28. The molecule has 0 aromatic heterocycles. The summed E-state index contributed by atoms with van der Waals surface area (Å²) >= 11 is 0. The number of amides is 1. The van der Waals surface area contributed by atoms with Crippen molar-refractivity contribution in [2.45, 2.75) is 51.6 Å². The standard InChI is InChI=1S/C28H35N3O3S/c1-20-15-16-23(29-19-24-12-5-4-8-17-31(24)35(3,33)34)18-27(20)28(32)30-21(2)25-14-9-11-22-10-6-7-13-26(22)25/h6-7,9-11,13-16,18,21,24,29H,4-5,8,12,17,19H2,1-3H3,(H,30,32)/t21-,24?/m1/s1. The number of sulfonamides is 1. The van der Waals surface area contributed by atoms with Crippen LogP contribution >= 0.6 is 0 Å². The van der Waals surface area contributed by atoms with Gasteiger partial charge in [0.2, 0.25) is 10.0 Å². The smallest absolute Gasteiger partial charge is 0.252 e. The first-order chi connectivity index (χ1) is 16.7. The molecule has 4 rings (SSSR count). The van der Waals surface area contributed by atoms with Crippen LogP contribution in [0.2, 0.25) is 0 Å². The first-order valence-electron chi connectivity index (χ1n) is 12.3. The van der Waals surface area contributed by atoms with Crippen LogP contribution in [-0.4, -0.2) is 44.0 Å². The van der Waals surface area contributed by atoms with E-state index in [1.54, 1.807) is 4.31 Å². The van der Waals surface area contributed by atoms with E-state index in [1.165, 1.54) is 6.26 Å². The molecule has 0 aliphatic carbocycles. The number of fused-ring (bicyclic) bond motifs is 1. The van der Waals surface area contributed by atoms with Crippen molar-refractivity contribution in [3.63, 3.8) is 0 Å². The van der Waals surface area contributed by atoms with Gasteiger partial charge in [-0.2, -0.15) is 4.31 Å². The minimum Gasteiger partial charge on any atom is -0.383 e. The summed E-state index contributed by atoms with van der Waals surface area (Å²) in [7, 11) is -3.26. The molecule has 1 saturated heterocycles. The Hall–Kier alpha value is -2.90. The van der Waals surface area contributed by atoms with E-state index in [0.717, 1.165) is 53.3 Å². The quantitative estimate of drug-likeness (QED) is 0.471. The van der Waals surface area contributed by atoms with Crippen LogP contribution in [0, 0.1) is 6.92 Å². The molecule has 3 aromatic carbocycles. The van der Waals surface area contributed by atoms with Gasteiger partial charge in [-0.25, -0.2) is 8.42 Å². The van der Waals surface area contributed by atoms with Crippen LogP contribution in [0.4, 0.5) is 5.69 Å². The third kappa shape index (κ3) is 6.03. The second-order valence-corrected chi connectivity index (χ2v) is 11.5. The van der Waals surface area contributed by atoms with Gasteiger partial charge in [0.25, 0.3) is 5.91 Å². The molecule has 0 radical (unpaired) electrons. The van der Waals surface area contributed by atoms with Crippen LogP contribution in [0.25, 0.3) is 10.8 Å². The van der Waals surface area contributed by atoms with Crippen molar-refractivity contribution < 1.29 is 13.2 Å². The molecule has 0 saturated carbocycles. The normalized spacial score (nSPS) is 18.1. The lowest BCUT2D eigenvalue weighted by molar-refractivity contribution is 0.0939. The number of hydrogen-bond acceptors (Lipinski definition) is 4. The van der Waals surface area contributed by atoms with Crippen LogP contribution in [-0.2, 0) is 10.0 Å². The molecule has 2 atom stereocenters. The predicted molar refractivity (Wildman–Crippen MR) is 143 cm³/mol. The Kier molecular flexibility index (Phi) is 7.77. The zero-order valence-electron chi connectivity index (χ0n) is 20.8. The SMILES string of the molecule is Cc1ccc(NCC2CCCCCN2S(C)(=O)=O)cc1C(=O)N[C@H](C)c1cccc2ccccc12. The molecule has 1 unspecified atom stereocenters. The van der Waals surface area contributed by atoms with Gasteiger partial charge >= 0.3 is 0 Å². The van der Waals surface area contributed by atoms with Crippen LogP contribution in [0.5, 0.6) is 0 Å². The van der Waals surface area contributed by atoms with Gasteiger partial charge in [-0.1, -0.05) is 61.4 Å². The summed E-state index contributed by atoms with van der Waals surface area (Å²) in [6, 6.07) is 19.8. The third-order valence-corrected chi connectivity index (χ3v) is 8.24. The molecule has 186 valence electrons. The van der Waals surface area contributed by atoms with Crippen LogP contribution in [0.15, 0.2) is 60.7 Å². The first-order valence-corrected chi connectivity index (χ1v) is 14.2. The highest BCUT2D eigenvalue weighted by molar-refractivity contribution is 7.88. The maximum Gasteiger partial charge on any atom is 0.252 e. The number of carbonyl (C=O) groups excluding carboxylic acids is 1. The van der Waals surface area contributed by atoms with E-state index in [-0.39, 0.29) is 18.0 Å². The average Bonchev–Trinajstić information content (AvgIpc) is 3.09. The Morgan fingerprint density at radius 3 is 2.63 bits per heavy atom. The van der Waals surface area contributed by atoms with E-state index in [2.05, 4.69) is 34.9 Å². The molecule has 6 nitrogen and oxygen atoms in total. The van der Waals surface area contributed by atoms with Crippen molar-refractivity contribution in [3.8, 4) is 0 Å². The lowest BCUT2D eigenvalue weighted by Gasteiger charge is -2.28. The summed E-state index contributed by atoms with van der Waals surface area (Å²) in [5.41, 5.74) is 3.40. The van der Waals surface area contributed by atoms with E-state index in [4.69, 9.17) is 0 Å². The molecular weight excluding hydrogens is 458 g/mol. The van der Waals surface area contributed by atoms with E-state index >= 15 is 0 Å². The largest absolute Gasteiger partial charge is 0.383 e. The summed E-state index contributed by atoms with van der Waals surface area (Å²) in [5.74, 6) is -0.126. The Labute approximate surface area is 208 Å². The van der Waals surface area contributed by atoms with E-state index in [1.807, 2.05) is 50.2 Å². The van der Waals surface area contributed by atoms with Crippen molar-refractivity contribution in [2.75, 3.05) is 24.7 Å². The molecule has 0 spiro atoms. The minimum atomic E-state index is -3.26. The van der Waals surface area contributed by atoms with Crippen LogP contribution in [0.1, 0.15) is 60.1 Å². The highest BCUT2D eigenvalue weighted by Crippen LogP contribution is 2.25. The highest BCUT2D eigenvalue weighted by atomic mass is 32.2. The molecule has 7 heteroatoms. The average molecular weight is 494 g/mol. The van der Waals surface area contributed by atoms with E-state index in [0.29, 0.717) is 18.7 Å². The van der Waals surface area contributed by atoms with E-state index < -0.39 is 10.0 Å². The zero-order chi connectivity index (χ0) is 25.0. The molecule has 1 amide bonds. The molecule has 1 heterocycles. The maximum atomic E-state index is 13.2. The predicted octanol–water partition coefficient (Wildman–Crippen LogP) is 5.26. The number of aryl methyl sites for hydroxylation is 1. The number of nitrogens with zero attached hydrogens (tertiary/aromatic N) is 1. The molecule has 2 N–H and O–H groups in total. The molecule has 1 aliphatic rings. The Morgan fingerprint density at radius 2 is 1.83 bits per heavy atom. The lowest BCUT2D eigenvalue weighted by Crippen LogP contribution is -2.43. The molecule has 3 aromatic rings. The Bertz CT molecular complexity index is 1300. The number of nitrogens with one attached hydrogen (secondary N) is 2. The fraction of sp³-hybridized carbons (Fsp3) is 0.393. The topological polar surface area (TPSA) is 78.5 Å². The number of anilines is 1. The van der Waals surface area contributed by atoms with Crippen molar-refractivity contribution in [2.24, 2.45) is 0 Å². The second kappa shape index (κ2) is 10.8. The number of hydrogen-bond donors (Lipinski definition) is 2. The van der Waals surface area contributed by atoms with Crippen molar-refractivity contribution in [1.29, 1.82) is 0 Å². The fourth-order valence-electron chi connectivity index (χ4n) is 4.98. The Morgan fingerprint density at radius 1 is 1.06 bits per heavy atom. The van der Waals surface area contributed by atoms with Gasteiger partial charge < -0.3 is 10.6 Å². The molecule has 35 heavy (non-hydrogen) atoms. The summed E-state index contributed by atoms with van der Waals surface area (Å²) in [6.07, 6.45) is 5.09. The second-order valence-electron chi connectivity index (χ2n) is 9.55. The van der Waals surface area contributed by atoms with Gasteiger partial charge in [-0.3, -0.25) is 4.79 Å². The minimum absolute atomic E-state index is 0.0857. The summed E-state index contributed by atoms with van der Waals surface area (Å²) in [6.45, 7) is 5.02. The van der Waals surface area contributed by atoms with Gasteiger partial charge in [0.15, 0.2) is 0 Å². The van der Waals surface area contributed by atoms with Crippen molar-refractivity contribution in [3.05, 3.63) is 77.4 Å². The molecular formula is C28H35N3O3S. The number of rotatable bonds is 7. The van der Waals surface area contributed by atoms with Crippen molar-refractivity contribution in [1.82, 2.24) is 9.62 Å². The summed E-state index contributed by atoms with van der Waals surface area (Å²) < 4.78 is 26.2. The lowest BCUT2D eigenvalue weighted by atomic mass is 9.99. The maximum absolute atomic E-state index is 13.2. The third-order valence-electron chi connectivity index (χ3n) is 6.91.